The van der Waals surface area contributed by atoms with E-state index in [0.29, 0.717) is 21.2 Å². The monoisotopic (exact) mass is 404 g/mol. The molecule has 2 aromatic rings. The van der Waals surface area contributed by atoms with Gasteiger partial charge in [-0.3, -0.25) is 4.79 Å². The third-order valence-corrected chi connectivity index (χ3v) is 4.78. The third-order valence-electron chi connectivity index (χ3n) is 4.23. The smallest absolute Gasteiger partial charge is 0.405 e. The molecule has 3 nitrogen and oxygen atoms in total. The van der Waals surface area contributed by atoms with Crippen LogP contribution < -0.4 is 4.74 Å². The zero-order valence-electron chi connectivity index (χ0n) is 13.2. The molecule has 1 aliphatic carbocycles. The summed E-state index contributed by atoms with van der Waals surface area (Å²) >= 11 is 12.0. The first-order chi connectivity index (χ1) is 12.2. The van der Waals surface area contributed by atoms with Gasteiger partial charge < -0.3 is 9.84 Å². The lowest BCUT2D eigenvalue weighted by atomic mass is 9.91. The van der Waals surface area contributed by atoms with E-state index in [4.69, 9.17) is 23.2 Å². The van der Waals surface area contributed by atoms with Crippen molar-refractivity contribution in [3.05, 3.63) is 52.0 Å². The van der Waals surface area contributed by atoms with Crippen LogP contribution in [0.5, 0.6) is 5.75 Å². The van der Waals surface area contributed by atoms with Crippen LogP contribution in [0, 0.1) is 0 Å². The molecule has 2 aromatic carbocycles. The molecule has 0 bridgehead atoms. The first-order valence-electron chi connectivity index (χ1n) is 7.71. The Morgan fingerprint density at radius 2 is 1.85 bits per heavy atom. The number of hydrogen-bond donors (Lipinski definition) is 1. The number of hydrogen-bond acceptors (Lipinski definition) is 3. The maximum absolute atomic E-state index is 12.7. The summed E-state index contributed by atoms with van der Waals surface area (Å²) in [7, 11) is 0. The number of carbonyl (C=O) groups excluding carboxylic acids is 1. The lowest BCUT2D eigenvalue weighted by Crippen LogP contribution is -2.22. The van der Waals surface area contributed by atoms with Gasteiger partial charge in [0.15, 0.2) is 0 Å². The molecule has 1 saturated carbocycles. The maximum atomic E-state index is 12.7. The maximum Gasteiger partial charge on any atom is 0.573 e. The molecule has 2 atom stereocenters. The van der Waals surface area contributed by atoms with Crippen molar-refractivity contribution >= 4 is 29.0 Å². The van der Waals surface area contributed by atoms with E-state index in [1.165, 1.54) is 18.2 Å². The van der Waals surface area contributed by atoms with E-state index in [1.807, 2.05) is 0 Å². The summed E-state index contributed by atoms with van der Waals surface area (Å²) in [4.78, 5) is 12.1. The fourth-order valence-corrected chi connectivity index (χ4v) is 3.63. The Morgan fingerprint density at radius 3 is 2.42 bits per heavy atom. The number of benzene rings is 2. The molecule has 3 rings (SSSR count). The molecule has 0 radical (unpaired) electrons. The molecule has 138 valence electrons. The molecule has 0 aromatic heterocycles. The molecule has 0 aliphatic heterocycles. The van der Waals surface area contributed by atoms with Crippen molar-refractivity contribution in [1.82, 2.24) is 0 Å². The first-order valence-corrected chi connectivity index (χ1v) is 8.47. The highest BCUT2D eigenvalue weighted by Gasteiger charge is 2.39. The number of ether oxygens (including phenoxy) is 1. The number of aliphatic hydroxyl groups is 1. The summed E-state index contributed by atoms with van der Waals surface area (Å²) in [6, 6.07) is 8.66. The Kier molecular flexibility index (Phi) is 5.19. The number of carbonyl (C=O) groups is 1. The topological polar surface area (TPSA) is 46.5 Å². The van der Waals surface area contributed by atoms with Crippen LogP contribution in [0.4, 0.5) is 13.2 Å². The van der Waals surface area contributed by atoms with Crippen LogP contribution >= 0.6 is 23.2 Å². The summed E-state index contributed by atoms with van der Waals surface area (Å²) in [6.07, 6.45) is -5.68. The molecule has 26 heavy (non-hydrogen) atoms. The molecule has 1 aliphatic rings. The SMILES string of the molecule is O=C1CCC(O)C1c1cc(-c2ccc(Cl)cc2Cl)ccc1OC(F)(F)F. The average Bonchev–Trinajstić information content (AvgIpc) is 2.86. The summed E-state index contributed by atoms with van der Waals surface area (Å²) in [5, 5.41) is 10.8. The van der Waals surface area contributed by atoms with Gasteiger partial charge in [0.1, 0.15) is 11.5 Å². The summed E-state index contributed by atoms with van der Waals surface area (Å²) in [5.74, 6) is -1.91. The largest absolute Gasteiger partial charge is 0.573 e. The Morgan fingerprint density at radius 1 is 1.12 bits per heavy atom. The lowest BCUT2D eigenvalue weighted by Gasteiger charge is -2.20. The predicted octanol–water partition coefficient (Wildman–Crippen LogP) is 5.37. The molecule has 0 spiro atoms. The van der Waals surface area contributed by atoms with Gasteiger partial charge in [0.25, 0.3) is 0 Å². The van der Waals surface area contributed by atoms with Gasteiger partial charge >= 0.3 is 6.36 Å². The van der Waals surface area contributed by atoms with Gasteiger partial charge in [-0.1, -0.05) is 35.3 Å². The zero-order valence-corrected chi connectivity index (χ0v) is 14.7. The fraction of sp³-hybridized carbons (Fsp3) is 0.278. The number of aliphatic hydroxyl groups excluding tert-OH is 1. The average molecular weight is 405 g/mol. The number of Topliss-reactive ketones (excluding diaryl/α,β-unsaturated/α-hetero) is 1. The van der Waals surface area contributed by atoms with Crippen molar-refractivity contribution in [2.75, 3.05) is 0 Å². The van der Waals surface area contributed by atoms with Gasteiger partial charge in [0, 0.05) is 27.6 Å². The second-order valence-electron chi connectivity index (χ2n) is 5.97. The van der Waals surface area contributed by atoms with E-state index in [0.717, 1.165) is 6.07 Å². The van der Waals surface area contributed by atoms with Crippen molar-refractivity contribution in [1.29, 1.82) is 0 Å². The summed E-state index contributed by atoms with van der Waals surface area (Å²) < 4.78 is 42.3. The summed E-state index contributed by atoms with van der Waals surface area (Å²) in [5.41, 5.74) is 1.01. The van der Waals surface area contributed by atoms with Crippen LogP contribution in [-0.2, 0) is 4.79 Å². The van der Waals surface area contributed by atoms with E-state index >= 15 is 0 Å². The van der Waals surface area contributed by atoms with Crippen molar-refractivity contribution in [2.24, 2.45) is 0 Å². The Balaban J connectivity index is 2.12. The van der Waals surface area contributed by atoms with Crippen LogP contribution in [0.15, 0.2) is 36.4 Å². The van der Waals surface area contributed by atoms with Crippen LogP contribution in [0.3, 0.4) is 0 Å². The molecule has 0 amide bonds. The highest BCUT2D eigenvalue weighted by molar-refractivity contribution is 6.36. The number of ketones is 1. The van der Waals surface area contributed by atoms with Crippen molar-refractivity contribution < 1.29 is 27.8 Å². The molecular weight excluding hydrogens is 392 g/mol. The van der Waals surface area contributed by atoms with Gasteiger partial charge in [-0.05, 0) is 36.2 Å². The molecule has 0 saturated heterocycles. The van der Waals surface area contributed by atoms with E-state index in [9.17, 15) is 23.1 Å². The minimum Gasteiger partial charge on any atom is -0.405 e. The van der Waals surface area contributed by atoms with Gasteiger partial charge in [0.2, 0.25) is 0 Å². The first kappa shape index (κ1) is 19.0. The minimum atomic E-state index is -4.92. The van der Waals surface area contributed by atoms with Crippen LogP contribution in [0.2, 0.25) is 10.0 Å². The van der Waals surface area contributed by atoms with Crippen molar-refractivity contribution in [2.45, 2.75) is 31.2 Å². The van der Waals surface area contributed by atoms with E-state index in [2.05, 4.69) is 4.74 Å². The lowest BCUT2D eigenvalue weighted by molar-refractivity contribution is -0.275. The standard InChI is InChI=1S/C18H13Cl2F3O3/c19-10-2-3-11(13(20)8-10)9-1-6-16(26-18(21,22)23)12(7-9)17-14(24)4-5-15(17)25/h1-3,6-8,14,17,24H,4-5H2. The normalized spacial score (nSPS) is 20.5. The van der Waals surface area contributed by atoms with Crippen LogP contribution in [-0.4, -0.2) is 23.4 Å². The van der Waals surface area contributed by atoms with Crippen molar-refractivity contribution in [3.8, 4) is 16.9 Å². The van der Waals surface area contributed by atoms with Gasteiger partial charge in [-0.2, -0.15) is 0 Å². The molecule has 8 heteroatoms. The van der Waals surface area contributed by atoms with Gasteiger partial charge in [-0.15, -0.1) is 13.2 Å². The highest BCUT2D eigenvalue weighted by atomic mass is 35.5. The summed E-state index contributed by atoms with van der Waals surface area (Å²) in [6.45, 7) is 0. The molecule has 1 fully saturated rings. The van der Waals surface area contributed by atoms with Gasteiger partial charge in [-0.25, -0.2) is 0 Å². The fourth-order valence-electron chi connectivity index (χ4n) is 3.11. The number of alkyl halides is 3. The Labute approximate surface area is 157 Å². The quantitative estimate of drug-likeness (QED) is 0.748. The molecular formula is C18H13Cl2F3O3. The predicted molar refractivity (Wildman–Crippen MR) is 91.6 cm³/mol. The second kappa shape index (κ2) is 7.10. The van der Waals surface area contributed by atoms with E-state index < -0.39 is 24.1 Å². The Hall–Kier alpha value is -1.76. The molecule has 1 N–H and O–H groups in total. The minimum absolute atomic E-state index is 0.0131. The third kappa shape index (κ3) is 3.98. The highest BCUT2D eigenvalue weighted by Crippen LogP contribution is 2.41. The number of halogens is 5. The van der Waals surface area contributed by atoms with E-state index in [1.54, 1.807) is 12.1 Å². The van der Waals surface area contributed by atoms with Gasteiger partial charge in [0.05, 0.1) is 12.0 Å². The second-order valence-corrected chi connectivity index (χ2v) is 6.82. The number of rotatable bonds is 3. The molecule has 0 heterocycles. The van der Waals surface area contributed by atoms with Crippen molar-refractivity contribution in [3.63, 3.8) is 0 Å². The zero-order chi connectivity index (χ0) is 19.1. The van der Waals surface area contributed by atoms with Crippen LogP contribution in [0.1, 0.15) is 24.3 Å². The molecule has 2 unspecified atom stereocenters. The van der Waals surface area contributed by atoms with Crippen LogP contribution in [0.25, 0.3) is 11.1 Å². The Bertz CT molecular complexity index is 852. The van der Waals surface area contributed by atoms with E-state index in [-0.39, 0.29) is 24.2 Å².